The molecule has 0 amide bonds. The molecule has 1 aliphatic heterocycles. The Kier molecular flexibility index (Phi) is 1.50. The van der Waals surface area contributed by atoms with Crippen LogP contribution >= 0.6 is 0 Å². The van der Waals surface area contributed by atoms with Crippen molar-refractivity contribution in [1.29, 1.82) is 0 Å². The van der Waals surface area contributed by atoms with E-state index in [0.717, 1.165) is 5.92 Å². The van der Waals surface area contributed by atoms with E-state index in [1.807, 2.05) is 11.7 Å². The van der Waals surface area contributed by atoms with Gasteiger partial charge in [0.15, 0.2) is 0 Å². The number of nitrogens with zero attached hydrogens (tertiary/aromatic N) is 2. The van der Waals surface area contributed by atoms with Crippen LogP contribution in [-0.4, -0.2) is 16.3 Å². The zero-order chi connectivity index (χ0) is 8.84. The minimum Gasteiger partial charge on any atom is -0.308 e. The first-order valence-corrected chi connectivity index (χ1v) is 5.10. The fraction of sp³-hybridized carbons (Fsp3) is 0.700. The van der Waals surface area contributed by atoms with E-state index in [-0.39, 0.29) is 0 Å². The van der Waals surface area contributed by atoms with Gasteiger partial charge in [-0.25, -0.2) is 0 Å². The van der Waals surface area contributed by atoms with E-state index >= 15 is 0 Å². The van der Waals surface area contributed by atoms with E-state index in [9.17, 15) is 0 Å². The highest BCUT2D eigenvalue weighted by Gasteiger charge is 2.34. The van der Waals surface area contributed by atoms with Gasteiger partial charge in [-0.05, 0) is 37.3 Å². The third kappa shape index (κ3) is 1.03. The topological polar surface area (TPSA) is 29.9 Å². The van der Waals surface area contributed by atoms with Crippen LogP contribution < -0.4 is 5.32 Å². The summed E-state index contributed by atoms with van der Waals surface area (Å²) in [6.07, 6.45) is 6.08. The Morgan fingerprint density at radius 2 is 2.46 bits per heavy atom. The average molecular weight is 177 g/mol. The van der Waals surface area contributed by atoms with Crippen LogP contribution in [0.1, 0.15) is 30.1 Å². The van der Waals surface area contributed by atoms with Crippen LogP contribution in [-0.2, 0) is 13.5 Å². The van der Waals surface area contributed by atoms with E-state index in [2.05, 4.69) is 16.6 Å². The lowest BCUT2D eigenvalue weighted by molar-refractivity contribution is 0.397. The largest absolute Gasteiger partial charge is 0.308 e. The first kappa shape index (κ1) is 7.56. The zero-order valence-electron chi connectivity index (χ0n) is 7.95. The molecule has 0 bridgehead atoms. The second-order valence-corrected chi connectivity index (χ2v) is 4.23. The molecule has 1 aliphatic carbocycles. The molecule has 2 heterocycles. The van der Waals surface area contributed by atoms with Crippen molar-refractivity contribution >= 4 is 0 Å². The number of nitrogens with one attached hydrogen (secondary N) is 1. The monoisotopic (exact) mass is 177 g/mol. The normalized spacial score (nSPS) is 31.5. The number of aromatic nitrogens is 2. The molecule has 1 saturated heterocycles. The van der Waals surface area contributed by atoms with Gasteiger partial charge in [-0.2, -0.15) is 5.10 Å². The summed E-state index contributed by atoms with van der Waals surface area (Å²) >= 11 is 0. The molecule has 0 aromatic carbocycles. The Balaban J connectivity index is 2.05. The van der Waals surface area contributed by atoms with Crippen molar-refractivity contribution in [2.75, 3.05) is 6.54 Å². The summed E-state index contributed by atoms with van der Waals surface area (Å²) < 4.78 is 1.95. The summed E-state index contributed by atoms with van der Waals surface area (Å²) in [5, 5.41) is 8.10. The molecule has 1 aromatic rings. The highest BCUT2D eigenvalue weighted by molar-refractivity contribution is 5.25. The van der Waals surface area contributed by atoms with Crippen LogP contribution in [0, 0.1) is 5.92 Å². The first-order valence-electron chi connectivity index (χ1n) is 5.10. The summed E-state index contributed by atoms with van der Waals surface area (Å²) in [6.45, 7) is 1.17. The van der Waals surface area contributed by atoms with Crippen molar-refractivity contribution < 1.29 is 0 Å². The van der Waals surface area contributed by atoms with Gasteiger partial charge in [0.1, 0.15) is 0 Å². The van der Waals surface area contributed by atoms with Gasteiger partial charge in [-0.3, -0.25) is 4.68 Å². The van der Waals surface area contributed by atoms with Gasteiger partial charge in [0.2, 0.25) is 0 Å². The molecule has 0 radical (unpaired) electrons. The third-order valence-corrected chi connectivity index (χ3v) is 3.37. The van der Waals surface area contributed by atoms with Crippen LogP contribution in [0.25, 0.3) is 0 Å². The van der Waals surface area contributed by atoms with Gasteiger partial charge >= 0.3 is 0 Å². The van der Waals surface area contributed by atoms with Gasteiger partial charge in [0, 0.05) is 13.2 Å². The van der Waals surface area contributed by atoms with Crippen molar-refractivity contribution in [3.05, 3.63) is 17.5 Å². The summed E-state index contributed by atoms with van der Waals surface area (Å²) in [7, 11) is 2.02. The molecule has 2 atom stereocenters. The molecule has 0 saturated carbocycles. The van der Waals surface area contributed by atoms with Crippen molar-refractivity contribution in [2.45, 2.75) is 25.3 Å². The van der Waals surface area contributed by atoms with Gasteiger partial charge in [0.25, 0.3) is 0 Å². The molecule has 70 valence electrons. The highest BCUT2D eigenvalue weighted by atomic mass is 15.3. The first-order chi connectivity index (χ1) is 6.34. The molecule has 3 nitrogen and oxygen atoms in total. The highest BCUT2D eigenvalue weighted by Crippen LogP contribution is 2.38. The van der Waals surface area contributed by atoms with Gasteiger partial charge in [-0.15, -0.1) is 0 Å². The Labute approximate surface area is 78.1 Å². The average Bonchev–Trinajstić information content (AvgIpc) is 2.65. The number of hydrogen-bond donors (Lipinski definition) is 1. The van der Waals surface area contributed by atoms with Crippen LogP contribution in [0.5, 0.6) is 0 Å². The number of fused-ring (bicyclic) bond motifs is 3. The summed E-state index contributed by atoms with van der Waals surface area (Å²) in [5.74, 6) is 0.849. The van der Waals surface area contributed by atoms with E-state index < -0.39 is 0 Å². The molecule has 3 rings (SSSR count). The lowest BCUT2D eigenvalue weighted by Crippen LogP contribution is -2.23. The van der Waals surface area contributed by atoms with Crippen molar-refractivity contribution in [3.8, 4) is 0 Å². The van der Waals surface area contributed by atoms with Crippen LogP contribution in [0.15, 0.2) is 6.20 Å². The van der Waals surface area contributed by atoms with Crippen LogP contribution in [0.3, 0.4) is 0 Å². The molecule has 1 N–H and O–H groups in total. The van der Waals surface area contributed by atoms with E-state index in [4.69, 9.17) is 0 Å². The second kappa shape index (κ2) is 2.58. The quantitative estimate of drug-likeness (QED) is 0.641. The molecular weight excluding hydrogens is 162 g/mol. The van der Waals surface area contributed by atoms with Crippen LogP contribution in [0.2, 0.25) is 0 Å². The Morgan fingerprint density at radius 1 is 1.54 bits per heavy atom. The summed E-state index contributed by atoms with van der Waals surface area (Å²) in [4.78, 5) is 0. The van der Waals surface area contributed by atoms with Crippen molar-refractivity contribution in [1.82, 2.24) is 15.1 Å². The lowest BCUT2D eigenvalue weighted by Gasteiger charge is -2.23. The Hall–Kier alpha value is -0.830. The number of aryl methyl sites for hydroxylation is 2. The van der Waals surface area contributed by atoms with E-state index in [1.165, 1.54) is 37.1 Å². The predicted molar refractivity (Wildman–Crippen MR) is 50.4 cm³/mol. The molecule has 1 fully saturated rings. The zero-order valence-corrected chi connectivity index (χ0v) is 7.95. The molecule has 2 aliphatic rings. The van der Waals surface area contributed by atoms with Crippen molar-refractivity contribution in [3.63, 3.8) is 0 Å². The van der Waals surface area contributed by atoms with Crippen LogP contribution in [0.4, 0.5) is 0 Å². The maximum Gasteiger partial charge on any atom is 0.0828 e. The predicted octanol–water partition coefficient (Wildman–Crippen LogP) is 1.02. The molecule has 13 heavy (non-hydrogen) atoms. The summed E-state index contributed by atoms with van der Waals surface area (Å²) in [5.41, 5.74) is 2.77. The molecule has 2 unspecified atom stereocenters. The number of rotatable bonds is 0. The fourth-order valence-corrected chi connectivity index (χ4v) is 2.74. The Bertz CT molecular complexity index is 329. The van der Waals surface area contributed by atoms with Gasteiger partial charge < -0.3 is 5.32 Å². The maximum atomic E-state index is 4.55. The Morgan fingerprint density at radius 3 is 3.38 bits per heavy atom. The smallest absolute Gasteiger partial charge is 0.0828 e. The fourth-order valence-electron chi connectivity index (χ4n) is 2.74. The third-order valence-electron chi connectivity index (χ3n) is 3.37. The maximum absolute atomic E-state index is 4.55. The minimum atomic E-state index is 0.560. The molecule has 3 heteroatoms. The van der Waals surface area contributed by atoms with Gasteiger partial charge in [-0.1, -0.05) is 0 Å². The van der Waals surface area contributed by atoms with Crippen molar-refractivity contribution in [2.24, 2.45) is 13.0 Å². The van der Waals surface area contributed by atoms with E-state index in [1.54, 1.807) is 0 Å². The van der Waals surface area contributed by atoms with E-state index in [0.29, 0.717) is 6.04 Å². The lowest BCUT2D eigenvalue weighted by atomic mass is 9.85. The minimum absolute atomic E-state index is 0.560. The van der Waals surface area contributed by atoms with Gasteiger partial charge in [0.05, 0.1) is 11.7 Å². The summed E-state index contributed by atoms with van der Waals surface area (Å²) in [6, 6.07) is 0.560. The molecular formula is C10H15N3. The molecule has 1 aromatic heterocycles. The SMILES string of the molecule is Cn1cc2c(n1)C1NCCC1CC2. The standard InChI is InChI=1S/C10H15N3/c1-13-6-8-3-2-7-4-5-11-9(7)10(8)12-13/h6-7,9,11H,2-5H2,1H3. The molecule has 0 spiro atoms. The number of hydrogen-bond acceptors (Lipinski definition) is 2. The second-order valence-electron chi connectivity index (χ2n) is 4.23.